The number of phenols is 1. The molecule has 0 saturated carbocycles. The van der Waals surface area contributed by atoms with Crippen molar-refractivity contribution >= 4 is 5.97 Å². The minimum Gasteiger partial charge on any atom is -0.507 e. The second-order valence-electron chi connectivity index (χ2n) is 7.02. The van der Waals surface area contributed by atoms with Crippen molar-refractivity contribution in [2.75, 3.05) is 0 Å². The van der Waals surface area contributed by atoms with E-state index in [4.69, 9.17) is 4.74 Å². The van der Waals surface area contributed by atoms with Crippen LogP contribution in [0.1, 0.15) is 61.0 Å². The predicted octanol–water partition coefficient (Wildman–Crippen LogP) is 4.01. The Balaban J connectivity index is 2.28. The second kappa shape index (κ2) is 4.77. The highest BCUT2D eigenvalue weighted by molar-refractivity contribution is 5.93. The zero-order valence-electron chi connectivity index (χ0n) is 13.4. The first-order valence-electron chi connectivity index (χ1n) is 7.68. The average Bonchev–Trinajstić information content (AvgIpc) is 2.35. The third-order valence-electron chi connectivity index (χ3n) is 5.06. The molecule has 1 unspecified atom stereocenters. The highest BCUT2D eigenvalue weighted by Gasteiger charge is 2.46. The van der Waals surface area contributed by atoms with Crippen LogP contribution in [0.2, 0.25) is 0 Å². The normalized spacial score (nSPS) is 25.5. The number of benzene rings is 1. The Morgan fingerprint density at radius 3 is 2.68 bits per heavy atom. The van der Waals surface area contributed by atoms with Crippen LogP contribution in [0.25, 0.3) is 0 Å². The van der Waals surface area contributed by atoms with Gasteiger partial charge in [-0.25, -0.2) is 4.79 Å². The van der Waals surface area contributed by atoms with E-state index < -0.39 is 5.97 Å². The molecule has 1 heterocycles. The van der Waals surface area contributed by atoms with Crippen LogP contribution in [0, 0.1) is 12.8 Å². The van der Waals surface area contributed by atoms with Gasteiger partial charge in [0.2, 0.25) is 0 Å². The summed E-state index contributed by atoms with van der Waals surface area (Å²) in [7, 11) is 0. The summed E-state index contributed by atoms with van der Waals surface area (Å²) in [6.07, 6.45) is 4.16. The fraction of sp³-hybridized carbons (Fsp3) is 0.500. The maximum Gasteiger partial charge on any atom is 0.339 e. The largest absolute Gasteiger partial charge is 0.507 e. The van der Waals surface area contributed by atoms with Gasteiger partial charge in [0.15, 0.2) is 0 Å². The van der Waals surface area contributed by atoms with Crippen molar-refractivity contribution in [3.8, 4) is 11.5 Å². The SMILES string of the molecule is CC1=CC2c3c(cc(C)c(C(=O)O)c3O)OC(C)(C)[C@H]2CC1. The van der Waals surface area contributed by atoms with Crippen LogP contribution >= 0.6 is 0 Å². The molecule has 2 aliphatic rings. The first-order chi connectivity index (χ1) is 10.2. The zero-order chi connectivity index (χ0) is 16.2. The van der Waals surface area contributed by atoms with Crippen LogP contribution in [0.15, 0.2) is 17.7 Å². The summed E-state index contributed by atoms with van der Waals surface area (Å²) in [5, 5.41) is 20.0. The van der Waals surface area contributed by atoms with Crippen molar-refractivity contribution in [2.45, 2.75) is 52.1 Å². The summed E-state index contributed by atoms with van der Waals surface area (Å²) in [6.45, 7) is 7.91. The standard InChI is InChI=1S/C18H22O4/c1-9-5-6-12-11(7-9)15-13(22-18(12,3)4)8-10(2)14(16(15)19)17(20)21/h7-8,11-12,19H,5-6H2,1-4H3,(H,20,21)/t11?,12-/m0/s1. The van der Waals surface area contributed by atoms with Gasteiger partial charge in [0.05, 0.1) is 0 Å². The fourth-order valence-electron chi connectivity index (χ4n) is 3.95. The number of aryl methyl sites for hydroxylation is 1. The van der Waals surface area contributed by atoms with E-state index in [-0.39, 0.29) is 28.7 Å². The summed E-state index contributed by atoms with van der Waals surface area (Å²) in [5.74, 6) is -0.392. The van der Waals surface area contributed by atoms with Gasteiger partial charge in [-0.05, 0) is 52.2 Å². The predicted molar refractivity (Wildman–Crippen MR) is 83.7 cm³/mol. The number of rotatable bonds is 1. The topological polar surface area (TPSA) is 66.8 Å². The smallest absolute Gasteiger partial charge is 0.339 e. The summed E-state index contributed by atoms with van der Waals surface area (Å²) in [4.78, 5) is 11.5. The lowest BCUT2D eigenvalue weighted by Gasteiger charge is -2.46. The van der Waals surface area contributed by atoms with E-state index in [2.05, 4.69) is 26.8 Å². The molecule has 1 aromatic rings. The molecule has 1 aliphatic heterocycles. The van der Waals surface area contributed by atoms with Gasteiger partial charge in [-0.3, -0.25) is 0 Å². The van der Waals surface area contributed by atoms with Crippen LogP contribution in [-0.2, 0) is 0 Å². The molecule has 0 amide bonds. The molecule has 4 heteroatoms. The van der Waals surface area contributed by atoms with E-state index in [1.807, 2.05) is 0 Å². The number of carboxylic acid groups (broad SMARTS) is 1. The number of carboxylic acids is 1. The fourth-order valence-corrected chi connectivity index (χ4v) is 3.95. The first kappa shape index (κ1) is 14.9. The third kappa shape index (κ3) is 2.09. The monoisotopic (exact) mass is 302 g/mol. The number of aromatic carboxylic acids is 1. The molecule has 0 saturated heterocycles. The molecule has 1 aliphatic carbocycles. The quantitative estimate of drug-likeness (QED) is 0.769. The number of carbonyl (C=O) groups is 1. The van der Waals surface area contributed by atoms with E-state index in [9.17, 15) is 15.0 Å². The number of hydrogen-bond donors (Lipinski definition) is 2. The van der Waals surface area contributed by atoms with Gasteiger partial charge in [0.1, 0.15) is 22.7 Å². The molecule has 2 N–H and O–H groups in total. The van der Waals surface area contributed by atoms with Gasteiger partial charge >= 0.3 is 5.97 Å². The first-order valence-corrected chi connectivity index (χ1v) is 7.68. The number of hydrogen-bond acceptors (Lipinski definition) is 3. The molecule has 2 atom stereocenters. The van der Waals surface area contributed by atoms with Crippen LogP contribution in [0.5, 0.6) is 11.5 Å². The Labute approximate surface area is 130 Å². The van der Waals surface area contributed by atoms with Crippen LogP contribution in [0.4, 0.5) is 0 Å². The van der Waals surface area contributed by atoms with Crippen molar-refractivity contribution in [3.05, 3.63) is 34.4 Å². The van der Waals surface area contributed by atoms with E-state index in [0.717, 1.165) is 12.8 Å². The van der Waals surface area contributed by atoms with Crippen molar-refractivity contribution in [1.29, 1.82) is 0 Å². The lowest BCUT2D eigenvalue weighted by atomic mass is 9.67. The van der Waals surface area contributed by atoms with Crippen molar-refractivity contribution in [2.24, 2.45) is 5.92 Å². The van der Waals surface area contributed by atoms with Gasteiger partial charge in [0, 0.05) is 17.4 Å². The van der Waals surface area contributed by atoms with Crippen molar-refractivity contribution < 1.29 is 19.7 Å². The molecule has 22 heavy (non-hydrogen) atoms. The number of fused-ring (bicyclic) bond motifs is 3. The van der Waals surface area contributed by atoms with Crippen LogP contribution in [0.3, 0.4) is 0 Å². The van der Waals surface area contributed by atoms with Gasteiger partial charge < -0.3 is 14.9 Å². The van der Waals surface area contributed by atoms with E-state index >= 15 is 0 Å². The Morgan fingerprint density at radius 2 is 2.05 bits per heavy atom. The van der Waals surface area contributed by atoms with Gasteiger partial charge in [-0.15, -0.1) is 0 Å². The number of ether oxygens (including phenoxy) is 1. The van der Waals surface area contributed by atoms with Gasteiger partial charge in [-0.1, -0.05) is 11.6 Å². The average molecular weight is 302 g/mol. The van der Waals surface area contributed by atoms with Crippen molar-refractivity contribution in [1.82, 2.24) is 0 Å². The number of allylic oxidation sites excluding steroid dienone is 2. The maximum absolute atomic E-state index is 11.5. The molecule has 0 fully saturated rings. The lowest BCUT2D eigenvalue weighted by molar-refractivity contribution is 0.0107. The maximum atomic E-state index is 11.5. The third-order valence-corrected chi connectivity index (χ3v) is 5.06. The Kier molecular flexibility index (Phi) is 3.24. The summed E-state index contributed by atoms with van der Waals surface area (Å²) in [5.41, 5.74) is 2.08. The van der Waals surface area contributed by atoms with Crippen molar-refractivity contribution in [3.63, 3.8) is 0 Å². The highest BCUT2D eigenvalue weighted by Crippen LogP contribution is 2.54. The zero-order valence-corrected chi connectivity index (χ0v) is 13.4. The molecule has 3 rings (SSSR count). The molecule has 0 bridgehead atoms. The highest BCUT2D eigenvalue weighted by atomic mass is 16.5. The minimum absolute atomic E-state index is 0.00574. The van der Waals surface area contributed by atoms with Crippen LogP contribution in [-0.4, -0.2) is 21.8 Å². The molecular formula is C18H22O4. The summed E-state index contributed by atoms with van der Waals surface area (Å²) >= 11 is 0. The summed E-state index contributed by atoms with van der Waals surface area (Å²) < 4.78 is 6.14. The molecular weight excluding hydrogens is 280 g/mol. The van der Waals surface area contributed by atoms with E-state index in [1.165, 1.54) is 5.57 Å². The number of aromatic hydroxyl groups is 1. The Morgan fingerprint density at radius 1 is 1.36 bits per heavy atom. The molecule has 4 nitrogen and oxygen atoms in total. The van der Waals surface area contributed by atoms with Gasteiger partial charge in [0.25, 0.3) is 0 Å². The second-order valence-corrected chi connectivity index (χ2v) is 7.02. The molecule has 0 radical (unpaired) electrons. The molecule has 1 aromatic carbocycles. The van der Waals surface area contributed by atoms with Crippen LogP contribution < -0.4 is 4.74 Å². The molecule has 0 aromatic heterocycles. The lowest BCUT2D eigenvalue weighted by Crippen LogP contribution is -2.45. The Hall–Kier alpha value is -1.97. The Bertz CT molecular complexity index is 685. The summed E-state index contributed by atoms with van der Waals surface area (Å²) in [6, 6.07) is 1.74. The van der Waals surface area contributed by atoms with E-state index in [1.54, 1.807) is 13.0 Å². The minimum atomic E-state index is -1.10. The molecule has 0 spiro atoms. The van der Waals surface area contributed by atoms with Gasteiger partial charge in [-0.2, -0.15) is 0 Å². The molecule has 118 valence electrons. The van der Waals surface area contributed by atoms with E-state index in [0.29, 0.717) is 16.9 Å².